The molecule has 1 aromatic rings. The fourth-order valence-corrected chi connectivity index (χ4v) is 3.75. The first kappa shape index (κ1) is 16.3. The highest BCUT2D eigenvalue weighted by atomic mass is 16.3. The van der Waals surface area contributed by atoms with Crippen molar-refractivity contribution in [2.24, 2.45) is 0 Å². The average molecular weight is 317 g/mol. The molecule has 1 heterocycles. The van der Waals surface area contributed by atoms with Crippen molar-refractivity contribution in [3.8, 4) is 0 Å². The molecule has 1 saturated carbocycles. The van der Waals surface area contributed by atoms with Gasteiger partial charge in [-0.3, -0.25) is 4.90 Å². The number of amides is 2. The first-order valence-corrected chi connectivity index (χ1v) is 8.59. The Balaban J connectivity index is 1.57. The minimum atomic E-state index is -0.725. The first-order valence-electron chi connectivity index (χ1n) is 8.59. The topological polar surface area (TPSA) is 64.6 Å². The van der Waals surface area contributed by atoms with Gasteiger partial charge in [-0.15, -0.1) is 0 Å². The molecule has 1 fully saturated rings. The van der Waals surface area contributed by atoms with Crippen molar-refractivity contribution in [1.82, 2.24) is 15.5 Å². The molecule has 2 amide bonds. The molecular weight excluding hydrogens is 290 g/mol. The lowest BCUT2D eigenvalue weighted by molar-refractivity contribution is 0.00708. The van der Waals surface area contributed by atoms with Crippen molar-refractivity contribution in [2.75, 3.05) is 20.1 Å². The fraction of sp³-hybridized carbons (Fsp3) is 0.611. The molecule has 5 nitrogen and oxygen atoms in total. The standard InChI is InChI=1S/C18H27N3O2/c1-21-11-14-7-3-4-8-15(14)16(12-21)20-17(22)19-13-18(23)9-5-2-6-10-18/h3-4,7-8,16,23H,2,5-6,9-13H2,1H3,(H2,19,20,22). The Bertz CT molecular complexity index is 555. The van der Waals surface area contributed by atoms with Crippen LogP contribution < -0.4 is 10.6 Å². The van der Waals surface area contributed by atoms with E-state index in [9.17, 15) is 9.90 Å². The molecule has 0 radical (unpaired) electrons. The Morgan fingerprint density at radius 1 is 1.30 bits per heavy atom. The maximum absolute atomic E-state index is 12.3. The average Bonchev–Trinajstić information content (AvgIpc) is 2.54. The van der Waals surface area contributed by atoms with Gasteiger partial charge in [0.2, 0.25) is 0 Å². The summed E-state index contributed by atoms with van der Waals surface area (Å²) < 4.78 is 0. The molecule has 3 N–H and O–H groups in total. The van der Waals surface area contributed by atoms with E-state index < -0.39 is 5.60 Å². The molecule has 2 aliphatic rings. The van der Waals surface area contributed by atoms with Gasteiger partial charge in [0.05, 0.1) is 11.6 Å². The highest BCUT2D eigenvalue weighted by molar-refractivity contribution is 5.74. The van der Waals surface area contributed by atoms with Gasteiger partial charge in [-0.1, -0.05) is 43.5 Å². The van der Waals surface area contributed by atoms with Crippen LogP contribution in [0.2, 0.25) is 0 Å². The number of aliphatic hydroxyl groups is 1. The van der Waals surface area contributed by atoms with Crippen LogP contribution in [0, 0.1) is 0 Å². The van der Waals surface area contributed by atoms with Crippen molar-refractivity contribution in [2.45, 2.75) is 50.3 Å². The quantitative estimate of drug-likeness (QED) is 0.800. The zero-order valence-electron chi connectivity index (χ0n) is 13.8. The van der Waals surface area contributed by atoms with Crippen molar-refractivity contribution >= 4 is 6.03 Å². The highest BCUT2D eigenvalue weighted by Gasteiger charge is 2.30. The molecule has 126 valence electrons. The van der Waals surface area contributed by atoms with Gasteiger partial charge in [0.15, 0.2) is 0 Å². The predicted octanol–water partition coefficient (Wildman–Crippen LogP) is 2.17. The van der Waals surface area contributed by atoms with E-state index in [0.29, 0.717) is 6.54 Å². The number of rotatable bonds is 3. The van der Waals surface area contributed by atoms with Gasteiger partial charge in [-0.05, 0) is 31.0 Å². The second-order valence-corrected chi connectivity index (χ2v) is 7.06. The van der Waals surface area contributed by atoms with E-state index in [2.05, 4.69) is 34.7 Å². The van der Waals surface area contributed by atoms with E-state index in [1.54, 1.807) is 0 Å². The van der Waals surface area contributed by atoms with E-state index in [-0.39, 0.29) is 12.1 Å². The Hall–Kier alpha value is -1.59. The van der Waals surface area contributed by atoms with Crippen molar-refractivity contribution in [1.29, 1.82) is 0 Å². The summed E-state index contributed by atoms with van der Waals surface area (Å²) in [7, 11) is 2.06. The largest absolute Gasteiger partial charge is 0.388 e. The van der Waals surface area contributed by atoms with Gasteiger partial charge in [-0.25, -0.2) is 4.79 Å². The molecule has 1 aromatic carbocycles. The predicted molar refractivity (Wildman–Crippen MR) is 90.1 cm³/mol. The van der Waals surface area contributed by atoms with Crippen LogP contribution in [0.25, 0.3) is 0 Å². The number of carbonyl (C=O) groups is 1. The number of benzene rings is 1. The van der Waals surface area contributed by atoms with Crippen LogP contribution in [0.4, 0.5) is 4.79 Å². The van der Waals surface area contributed by atoms with Crippen LogP contribution in [0.5, 0.6) is 0 Å². The molecule has 1 unspecified atom stereocenters. The van der Waals surface area contributed by atoms with Gasteiger partial charge in [0, 0.05) is 19.6 Å². The number of nitrogens with one attached hydrogen (secondary N) is 2. The Labute approximate surface area is 138 Å². The maximum atomic E-state index is 12.3. The summed E-state index contributed by atoms with van der Waals surface area (Å²) in [6.45, 7) is 2.05. The minimum absolute atomic E-state index is 0.00838. The normalized spacial score (nSPS) is 23.8. The third-order valence-corrected chi connectivity index (χ3v) is 5.03. The van der Waals surface area contributed by atoms with E-state index >= 15 is 0 Å². The van der Waals surface area contributed by atoms with Crippen molar-refractivity contribution in [3.63, 3.8) is 0 Å². The van der Waals surface area contributed by atoms with Crippen molar-refractivity contribution < 1.29 is 9.90 Å². The van der Waals surface area contributed by atoms with Gasteiger partial charge in [0.1, 0.15) is 0 Å². The monoisotopic (exact) mass is 317 g/mol. The van der Waals surface area contributed by atoms with E-state index in [4.69, 9.17) is 0 Å². The number of hydrogen-bond donors (Lipinski definition) is 3. The summed E-state index contributed by atoms with van der Waals surface area (Å²) in [5, 5.41) is 16.4. The summed E-state index contributed by atoms with van der Waals surface area (Å²) in [6.07, 6.45) is 4.82. The lowest BCUT2D eigenvalue weighted by Gasteiger charge is -2.34. The molecule has 0 spiro atoms. The zero-order valence-corrected chi connectivity index (χ0v) is 13.8. The van der Waals surface area contributed by atoms with Crippen LogP contribution in [-0.2, 0) is 6.54 Å². The Morgan fingerprint density at radius 2 is 2.04 bits per heavy atom. The summed E-state index contributed by atoms with van der Waals surface area (Å²) in [5.74, 6) is 0. The van der Waals surface area contributed by atoms with Gasteiger partial charge < -0.3 is 15.7 Å². The van der Waals surface area contributed by atoms with Crippen LogP contribution in [0.15, 0.2) is 24.3 Å². The molecule has 0 saturated heterocycles. The molecule has 5 heteroatoms. The summed E-state index contributed by atoms with van der Waals surface area (Å²) in [6, 6.07) is 8.05. The molecule has 23 heavy (non-hydrogen) atoms. The summed E-state index contributed by atoms with van der Waals surface area (Å²) in [4.78, 5) is 14.5. The zero-order chi connectivity index (χ0) is 16.3. The minimum Gasteiger partial charge on any atom is -0.388 e. The van der Waals surface area contributed by atoms with E-state index in [1.807, 2.05) is 12.1 Å². The van der Waals surface area contributed by atoms with Crippen LogP contribution in [-0.4, -0.2) is 41.8 Å². The molecule has 1 atom stereocenters. The fourth-order valence-electron chi connectivity index (χ4n) is 3.75. The smallest absolute Gasteiger partial charge is 0.315 e. The third kappa shape index (κ3) is 4.03. The third-order valence-electron chi connectivity index (χ3n) is 5.03. The number of likely N-dealkylation sites (N-methyl/N-ethyl adjacent to an activating group) is 1. The second-order valence-electron chi connectivity index (χ2n) is 7.06. The van der Waals surface area contributed by atoms with Gasteiger partial charge >= 0.3 is 6.03 Å². The second kappa shape index (κ2) is 6.89. The number of carbonyl (C=O) groups excluding carboxylic acids is 1. The summed E-state index contributed by atoms with van der Waals surface area (Å²) >= 11 is 0. The Morgan fingerprint density at radius 3 is 2.83 bits per heavy atom. The number of nitrogens with zero attached hydrogens (tertiary/aromatic N) is 1. The first-order chi connectivity index (χ1) is 11.1. The lowest BCUT2D eigenvalue weighted by Crippen LogP contribution is -2.49. The highest BCUT2D eigenvalue weighted by Crippen LogP contribution is 2.28. The van der Waals surface area contributed by atoms with Gasteiger partial charge in [-0.2, -0.15) is 0 Å². The van der Waals surface area contributed by atoms with E-state index in [0.717, 1.165) is 38.8 Å². The SMILES string of the molecule is CN1Cc2ccccc2C(NC(=O)NCC2(O)CCCCC2)C1. The molecule has 0 aromatic heterocycles. The maximum Gasteiger partial charge on any atom is 0.315 e. The van der Waals surface area contributed by atoms with Crippen LogP contribution in [0.1, 0.15) is 49.3 Å². The Kier molecular flexibility index (Phi) is 4.87. The van der Waals surface area contributed by atoms with Crippen LogP contribution >= 0.6 is 0 Å². The van der Waals surface area contributed by atoms with Crippen molar-refractivity contribution in [3.05, 3.63) is 35.4 Å². The molecule has 1 aliphatic carbocycles. The van der Waals surface area contributed by atoms with E-state index in [1.165, 1.54) is 17.5 Å². The molecule has 1 aliphatic heterocycles. The molecular formula is C18H27N3O2. The number of urea groups is 1. The lowest BCUT2D eigenvalue weighted by atomic mass is 9.85. The molecule has 3 rings (SSSR count). The van der Waals surface area contributed by atoms with Gasteiger partial charge in [0.25, 0.3) is 0 Å². The molecule has 0 bridgehead atoms. The number of fused-ring (bicyclic) bond motifs is 1. The number of hydrogen-bond acceptors (Lipinski definition) is 3. The van der Waals surface area contributed by atoms with Crippen LogP contribution in [0.3, 0.4) is 0 Å². The summed E-state index contributed by atoms with van der Waals surface area (Å²) in [5.41, 5.74) is 1.73.